The minimum absolute atomic E-state index is 0. The highest BCUT2D eigenvalue weighted by Crippen LogP contribution is 2.31. The van der Waals surface area contributed by atoms with Crippen LogP contribution in [0.15, 0.2) is 24.3 Å². The lowest BCUT2D eigenvalue weighted by Gasteiger charge is -2.44. The van der Waals surface area contributed by atoms with Crippen LogP contribution in [0.2, 0.25) is 0 Å². The number of esters is 1. The number of piperidine rings is 2. The maximum absolute atomic E-state index is 12.1. The molecule has 0 aromatic heterocycles. The number of halogens is 1. The average molecular weight is 326 g/mol. The Labute approximate surface area is 137 Å². The SMILES string of the molecule is Cl.O=C(OCC1CCCN2CCCCC12)c1ccccc1O. The van der Waals surface area contributed by atoms with E-state index in [0.717, 1.165) is 6.42 Å². The largest absolute Gasteiger partial charge is 0.507 e. The zero-order valence-corrected chi connectivity index (χ0v) is 13.6. The number of fused-ring (bicyclic) bond motifs is 1. The third kappa shape index (κ3) is 3.73. The molecule has 1 aromatic carbocycles. The Balaban J connectivity index is 0.00000176. The molecule has 0 bridgehead atoms. The molecule has 122 valence electrons. The molecule has 2 aliphatic heterocycles. The van der Waals surface area contributed by atoms with Crippen LogP contribution >= 0.6 is 12.4 Å². The number of nitrogens with zero attached hydrogens (tertiary/aromatic N) is 1. The van der Waals surface area contributed by atoms with Crippen molar-refractivity contribution in [3.8, 4) is 5.75 Å². The molecule has 2 fully saturated rings. The molecule has 5 heteroatoms. The molecule has 2 unspecified atom stereocenters. The minimum atomic E-state index is -0.416. The van der Waals surface area contributed by atoms with Crippen LogP contribution < -0.4 is 0 Å². The van der Waals surface area contributed by atoms with Crippen molar-refractivity contribution in [3.05, 3.63) is 29.8 Å². The molecule has 0 aliphatic carbocycles. The standard InChI is InChI=1S/C17H23NO3.ClH/c19-16-9-2-1-7-14(16)17(20)21-12-13-6-5-11-18-10-4-3-8-15(13)18;/h1-2,7,9,13,15,19H,3-6,8,10-12H2;1H. The predicted octanol–water partition coefficient (Wildman–Crippen LogP) is 3.24. The van der Waals surface area contributed by atoms with Crippen molar-refractivity contribution in [1.29, 1.82) is 0 Å². The Kier molecular flexibility index (Phi) is 6.09. The van der Waals surface area contributed by atoms with Gasteiger partial charge in [-0.25, -0.2) is 4.79 Å². The van der Waals surface area contributed by atoms with Crippen molar-refractivity contribution in [2.75, 3.05) is 19.7 Å². The Morgan fingerprint density at radius 1 is 1.18 bits per heavy atom. The predicted molar refractivity (Wildman–Crippen MR) is 87.6 cm³/mol. The summed E-state index contributed by atoms with van der Waals surface area (Å²) in [6.45, 7) is 2.84. The highest BCUT2D eigenvalue weighted by atomic mass is 35.5. The lowest BCUT2D eigenvalue weighted by Crippen LogP contribution is -2.49. The molecular formula is C17H24ClNO3. The third-order valence-electron chi connectivity index (χ3n) is 4.78. The number of carbonyl (C=O) groups excluding carboxylic acids is 1. The third-order valence-corrected chi connectivity index (χ3v) is 4.78. The summed E-state index contributed by atoms with van der Waals surface area (Å²) in [5.41, 5.74) is 0.258. The van der Waals surface area contributed by atoms with E-state index in [-0.39, 0.29) is 23.7 Å². The first-order valence-electron chi connectivity index (χ1n) is 7.95. The molecule has 1 aromatic rings. The fourth-order valence-corrected chi connectivity index (χ4v) is 3.68. The summed E-state index contributed by atoms with van der Waals surface area (Å²) in [6.07, 6.45) is 6.12. The average Bonchev–Trinajstić information content (AvgIpc) is 2.53. The van der Waals surface area contributed by atoms with E-state index in [9.17, 15) is 9.90 Å². The second-order valence-electron chi connectivity index (χ2n) is 6.12. The Morgan fingerprint density at radius 2 is 1.95 bits per heavy atom. The number of benzene rings is 1. The zero-order valence-electron chi connectivity index (χ0n) is 12.7. The number of hydrogen-bond donors (Lipinski definition) is 1. The normalized spacial score (nSPS) is 24.9. The second kappa shape index (κ2) is 7.84. The molecule has 0 spiro atoms. The summed E-state index contributed by atoms with van der Waals surface area (Å²) in [5.74, 6) is 0.0142. The van der Waals surface area contributed by atoms with Crippen LogP contribution in [0.25, 0.3) is 0 Å². The lowest BCUT2D eigenvalue weighted by molar-refractivity contribution is 0.00723. The fraction of sp³-hybridized carbons (Fsp3) is 0.588. The number of para-hydroxylation sites is 1. The fourth-order valence-electron chi connectivity index (χ4n) is 3.68. The van der Waals surface area contributed by atoms with E-state index in [4.69, 9.17) is 4.74 Å². The Hall–Kier alpha value is -1.26. The van der Waals surface area contributed by atoms with Crippen LogP contribution in [0.3, 0.4) is 0 Å². The second-order valence-corrected chi connectivity index (χ2v) is 6.12. The highest BCUT2D eigenvalue weighted by molar-refractivity contribution is 5.92. The minimum Gasteiger partial charge on any atom is -0.507 e. The van der Waals surface area contributed by atoms with Gasteiger partial charge < -0.3 is 9.84 Å². The van der Waals surface area contributed by atoms with E-state index in [1.54, 1.807) is 18.2 Å². The molecule has 0 radical (unpaired) electrons. The van der Waals surface area contributed by atoms with E-state index in [1.165, 1.54) is 44.8 Å². The smallest absolute Gasteiger partial charge is 0.341 e. The summed E-state index contributed by atoms with van der Waals surface area (Å²) in [4.78, 5) is 14.6. The van der Waals surface area contributed by atoms with Gasteiger partial charge in [0.05, 0.1) is 6.61 Å². The first-order valence-corrected chi connectivity index (χ1v) is 7.95. The van der Waals surface area contributed by atoms with E-state index >= 15 is 0 Å². The van der Waals surface area contributed by atoms with Gasteiger partial charge in [0.2, 0.25) is 0 Å². The van der Waals surface area contributed by atoms with Gasteiger partial charge in [-0.2, -0.15) is 0 Å². The molecule has 0 saturated carbocycles. The molecule has 2 atom stereocenters. The molecule has 22 heavy (non-hydrogen) atoms. The summed E-state index contributed by atoms with van der Waals surface area (Å²) >= 11 is 0. The number of phenolic OH excluding ortho intramolecular Hbond substituents is 1. The quantitative estimate of drug-likeness (QED) is 0.867. The van der Waals surface area contributed by atoms with E-state index in [2.05, 4.69) is 4.90 Å². The number of rotatable bonds is 3. The van der Waals surface area contributed by atoms with Crippen LogP contribution in [0.1, 0.15) is 42.5 Å². The van der Waals surface area contributed by atoms with Crippen molar-refractivity contribution in [3.63, 3.8) is 0 Å². The van der Waals surface area contributed by atoms with Gasteiger partial charge in [0, 0.05) is 12.0 Å². The summed E-state index contributed by atoms with van der Waals surface area (Å²) in [6, 6.07) is 7.13. The molecule has 2 heterocycles. The van der Waals surface area contributed by atoms with Gasteiger partial charge in [0.25, 0.3) is 0 Å². The molecule has 1 N–H and O–H groups in total. The van der Waals surface area contributed by atoms with Gasteiger partial charge in [-0.05, 0) is 50.9 Å². The van der Waals surface area contributed by atoms with Gasteiger partial charge in [-0.15, -0.1) is 12.4 Å². The van der Waals surface area contributed by atoms with E-state index in [0.29, 0.717) is 18.6 Å². The maximum atomic E-state index is 12.1. The highest BCUT2D eigenvalue weighted by Gasteiger charge is 2.33. The molecule has 4 nitrogen and oxygen atoms in total. The van der Waals surface area contributed by atoms with Crippen molar-refractivity contribution in [1.82, 2.24) is 4.90 Å². The van der Waals surface area contributed by atoms with Crippen molar-refractivity contribution in [2.24, 2.45) is 5.92 Å². The van der Waals surface area contributed by atoms with E-state index < -0.39 is 5.97 Å². The topological polar surface area (TPSA) is 49.8 Å². The van der Waals surface area contributed by atoms with Crippen LogP contribution in [-0.2, 0) is 4.74 Å². The number of phenols is 1. The molecule has 2 saturated heterocycles. The Bertz CT molecular complexity index is 506. The molecule has 0 amide bonds. The van der Waals surface area contributed by atoms with Crippen LogP contribution in [0.4, 0.5) is 0 Å². The first kappa shape index (κ1) is 17.1. The number of ether oxygens (including phenoxy) is 1. The monoisotopic (exact) mass is 325 g/mol. The number of aromatic hydroxyl groups is 1. The van der Waals surface area contributed by atoms with Crippen LogP contribution in [-0.4, -0.2) is 41.7 Å². The summed E-state index contributed by atoms with van der Waals surface area (Å²) in [7, 11) is 0. The van der Waals surface area contributed by atoms with Crippen LogP contribution in [0, 0.1) is 5.92 Å². The maximum Gasteiger partial charge on any atom is 0.341 e. The lowest BCUT2D eigenvalue weighted by atomic mass is 9.84. The van der Waals surface area contributed by atoms with Gasteiger partial charge in [-0.1, -0.05) is 18.6 Å². The first-order chi connectivity index (χ1) is 10.3. The van der Waals surface area contributed by atoms with Crippen LogP contribution in [0.5, 0.6) is 5.75 Å². The molecule has 2 aliphatic rings. The summed E-state index contributed by atoms with van der Waals surface area (Å²) < 4.78 is 5.47. The zero-order chi connectivity index (χ0) is 14.7. The van der Waals surface area contributed by atoms with Crippen molar-refractivity contribution >= 4 is 18.4 Å². The van der Waals surface area contributed by atoms with Gasteiger partial charge in [0.15, 0.2) is 0 Å². The molecule has 3 rings (SSSR count). The number of carbonyl (C=O) groups is 1. The van der Waals surface area contributed by atoms with Gasteiger partial charge in [-0.3, -0.25) is 4.90 Å². The van der Waals surface area contributed by atoms with E-state index in [1.807, 2.05) is 0 Å². The van der Waals surface area contributed by atoms with Crippen molar-refractivity contribution in [2.45, 2.75) is 38.1 Å². The van der Waals surface area contributed by atoms with Crippen molar-refractivity contribution < 1.29 is 14.6 Å². The summed E-state index contributed by atoms with van der Waals surface area (Å²) in [5, 5.41) is 9.70. The molecular weight excluding hydrogens is 302 g/mol. The van der Waals surface area contributed by atoms with Gasteiger partial charge in [0.1, 0.15) is 11.3 Å². The number of hydrogen-bond acceptors (Lipinski definition) is 4. The van der Waals surface area contributed by atoms with Gasteiger partial charge >= 0.3 is 5.97 Å². The Morgan fingerprint density at radius 3 is 2.77 bits per heavy atom.